The highest BCUT2D eigenvalue weighted by Gasteiger charge is 2.42. The Labute approximate surface area is 64.5 Å². The van der Waals surface area contributed by atoms with Crippen LogP contribution in [0, 0.1) is 0 Å². The molecule has 1 fully saturated rings. The molecule has 4 heteroatoms. The van der Waals surface area contributed by atoms with Gasteiger partial charge in [-0.3, -0.25) is 4.79 Å². The van der Waals surface area contributed by atoms with E-state index in [1.165, 1.54) is 7.11 Å². The van der Waals surface area contributed by atoms with E-state index < -0.39 is 24.3 Å². The molecule has 64 valence electrons. The summed E-state index contributed by atoms with van der Waals surface area (Å²) in [6.07, 6.45) is -2.63. The van der Waals surface area contributed by atoms with E-state index >= 15 is 0 Å². The van der Waals surface area contributed by atoms with Crippen molar-refractivity contribution < 1.29 is 18.7 Å². The fraction of sp³-hybridized carbons (Fsp3) is 0.857. The number of hydrogen-bond donors (Lipinski definition) is 0. The zero-order valence-corrected chi connectivity index (χ0v) is 6.54. The van der Waals surface area contributed by atoms with Gasteiger partial charge < -0.3 is 9.47 Å². The minimum atomic E-state index is -1.51. The summed E-state index contributed by atoms with van der Waals surface area (Å²) < 4.78 is 22.4. The fourth-order valence-corrected chi connectivity index (χ4v) is 1.08. The molecular formula is C7H11FO3. The zero-order valence-electron chi connectivity index (χ0n) is 6.54. The summed E-state index contributed by atoms with van der Waals surface area (Å²) in [6.45, 7) is 1.77. The highest BCUT2D eigenvalue weighted by molar-refractivity contribution is 5.88. The quantitative estimate of drug-likeness (QED) is 0.598. The number of carbonyl (C=O) groups is 1. The summed E-state index contributed by atoms with van der Waals surface area (Å²) in [6, 6.07) is 0. The van der Waals surface area contributed by atoms with Crippen LogP contribution in [0.15, 0.2) is 0 Å². The van der Waals surface area contributed by atoms with Crippen LogP contribution in [-0.2, 0) is 14.3 Å². The lowest BCUT2D eigenvalue weighted by atomic mass is 10.1. The van der Waals surface area contributed by atoms with Crippen LogP contribution >= 0.6 is 0 Å². The maximum absolute atomic E-state index is 12.9. The van der Waals surface area contributed by atoms with Crippen molar-refractivity contribution in [3.8, 4) is 0 Å². The molecule has 0 radical (unpaired) electrons. The van der Waals surface area contributed by atoms with Crippen molar-refractivity contribution in [2.45, 2.75) is 31.9 Å². The molecule has 1 heterocycles. The van der Waals surface area contributed by atoms with Gasteiger partial charge in [0.15, 0.2) is 6.17 Å². The number of halogens is 1. The number of methoxy groups -OCH3 is 1. The first-order valence-electron chi connectivity index (χ1n) is 3.56. The molecule has 0 N–H and O–H groups in total. The molecule has 0 aromatic carbocycles. The van der Waals surface area contributed by atoms with Crippen molar-refractivity contribution in [2.24, 2.45) is 0 Å². The van der Waals surface area contributed by atoms with Crippen LogP contribution in [0.3, 0.4) is 0 Å². The lowest BCUT2D eigenvalue weighted by molar-refractivity contribution is -0.150. The van der Waals surface area contributed by atoms with Crippen LogP contribution in [0.2, 0.25) is 0 Å². The number of carbonyl (C=O) groups excluding carboxylic acids is 1. The molecule has 0 bridgehead atoms. The van der Waals surface area contributed by atoms with Crippen LogP contribution < -0.4 is 0 Å². The summed E-state index contributed by atoms with van der Waals surface area (Å²) in [4.78, 5) is 10.9. The van der Waals surface area contributed by atoms with Crippen molar-refractivity contribution in [1.82, 2.24) is 0 Å². The van der Waals surface area contributed by atoms with Gasteiger partial charge in [0, 0.05) is 7.11 Å². The Morgan fingerprint density at radius 1 is 1.73 bits per heavy atom. The van der Waals surface area contributed by atoms with Crippen LogP contribution in [0.25, 0.3) is 0 Å². The maximum Gasteiger partial charge on any atom is 0.225 e. The number of alkyl halides is 1. The van der Waals surface area contributed by atoms with Crippen LogP contribution in [0.1, 0.15) is 13.3 Å². The summed E-state index contributed by atoms with van der Waals surface area (Å²) in [5.41, 5.74) is 0. The van der Waals surface area contributed by atoms with Gasteiger partial charge in [-0.25, -0.2) is 4.39 Å². The molecule has 0 amide bonds. The Morgan fingerprint density at radius 2 is 2.36 bits per heavy atom. The van der Waals surface area contributed by atoms with Gasteiger partial charge in [0.05, 0.1) is 6.10 Å². The summed E-state index contributed by atoms with van der Waals surface area (Å²) in [7, 11) is 1.33. The predicted octanol–water partition coefficient (Wildman–Crippen LogP) is 0.675. The molecule has 0 aliphatic carbocycles. The number of ketones is 1. The summed E-state index contributed by atoms with van der Waals surface area (Å²) >= 11 is 0. The Morgan fingerprint density at radius 3 is 2.64 bits per heavy atom. The number of ether oxygens (including phenoxy) is 2. The normalized spacial score (nSPS) is 38.1. The van der Waals surface area contributed by atoms with Crippen LogP contribution in [0.4, 0.5) is 4.39 Å². The Kier molecular flexibility index (Phi) is 2.57. The minimum absolute atomic E-state index is 0.493. The highest BCUT2D eigenvalue weighted by atomic mass is 19.1. The lowest BCUT2D eigenvalue weighted by Crippen LogP contribution is -2.23. The van der Waals surface area contributed by atoms with Gasteiger partial charge in [-0.15, -0.1) is 0 Å². The van der Waals surface area contributed by atoms with Gasteiger partial charge in [0.2, 0.25) is 12.1 Å². The molecular weight excluding hydrogens is 151 g/mol. The van der Waals surface area contributed by atoms with Gasteiger partial charge in [-0.2, -0.15) is 0 Å². The van der Waals surface area contributed by atoms with Gasteiger partial charge in [0.1, 0.15) is 0 Å². The van der Waals surface area contributed by atoms with Gasteiger partial charge >= 0.3 is 0 Å². The maximum atomic E-state index is 12.9. The molecule has 0 aromatic rings. The molecule has 11 heavy (non-hydrogen) atoms. The summed E-state index contributed by atoms with van der Waals surface area (Å²) in [5, 5.41) is 0. The largest absolute Gasteiger partial charge is 0.349 e. The van der Waals surface area contributed by atoms with Crippen molar-refractivity contribution >= 4 is 5.78 Å². The average molecular weight is 162 g/mol. The van der Waals surface area contributed by atoms with E-state index in [1.54, 1.807) is 6.92 Å². The van der Waals surface area contributed by atoms with Crippen molar-refractivity contribution in [3.63, 3.8) is 0 Å². The third-order valence-corrected chi connectivity index (χ3v) is 1.75. The second-order valence-corrected chi connectivity index (χ2v) is 2.45. The van der Waals surface area contributed by atoms with E-state index in [0.717, 1.165) is 0 Å². The molecule has 1 rings (SSSR count). The molecule has 0 saturated carbocycles. The minimum Gasteiger partial charge on any atom is -0.349 e. The first kappa shape index (κ1) is 8.62. The molecule has 0 spiro atoms. The first-order chi connectivity index (χ1) is 5.20. The second-order valence-electron chi connectivity index (χ2n) is 2.45. The Hall–Kier alpha value is -0.480. The van der Waals surface area contributed by atoms with Gasteiger partial charge in [-0.1, -0.05) is 6.92 Å². The molecule has 3 atom stereocenters. The molecule has 1 saturated heterocycles. The Balaban J connectivity index is 2.61. The first-order valence-corrected chi connectivity index (χ1v) is 3.56. The fourth-order valence-electron chi connectivity index (χ4n) is 1.08. The zero-order chi connectivity index (χ0) is 8.43. The second kappa shape index (κ2) is 3.28. The molecule has 1 aliphatic rings. The van der Waals surface area contributed by atoms with E-state index in [2.05, 4.69) is 4.74 Å². The van der Waals surface area contributed by atoms with Gasteiger partial charge in [0.25, 0.3) is 0 Å². The van der Waals surface area contributed by atoms with Crippen molar-refractivity contribution in [3.05, 3.63) is 0 Å². The van der Waals surface area contributed by atoms with E-state index in [0.29, 0.717) is 6.42 Å². The van der Waals surface area contributed by atoms with Gasteiger partial charge in [-0.05, 0) is 6.42 Å². The summed E-state index contributed by atoms with van der Waals surface area (Å²) in [5.74, 6) is -0.598. The molecule has 1 aliphatic heterocycles. The highest BCUT2D eigenvalue weighted by Crippen LogP contribution is 2.22. The van der Waals surface area contributed by atoms with E-state index in [-0.39, 0.29) is 0 Å². The average Bonchev–Trinajstić information content (AvgIpc) is 2.30. The monoisotopic (exact) mass is 162 g/mol. The van der Waals surface area contributed by atoms with E-state index in [4.69, 9.17) is 4.74 Å². The van der Waals surface area contributed by atoms with Crippen molar-refractivity contribution in [1.29, 1.82) is 0 Å². The topological polar surface area (TPSA) is 35.5 Å². The molecule has 3 nitrogen and oxygen atoms in total. The third kappa shape index (κ3) is 1.41. The van der Waals surface area contributed by atoms with E-state index in [1.807, 2.05) is 0 Å². The third-order valence-electron chi connectivity index (χ3n) is 1.75. The number of Topliss-reactive ketones (excluding diaryl/α,β-unsaturated/α-hetero) is 1. The van der Waals surface area contributed by atoms with Crippen LogP contribution in [0.5, 0.6) is 0 Å². The van der Waals surface area contributed by atoms with Crippen LogP contribution in [-0.4, -0.2) is 31.5 Å². The lowest BCUT2D eigenvalue weighted by Gasteiger charge is -2.07. The molecule has 0 unspecified atom stereocenters. The number of hydrogen-bond acceptors (Lipinski definition) is 3. The molecule has 0 aromatic heterocycles. The van der Waals surface area contributed by atoms with E-state index in [9.17, 15) is 9.18 Å². The predicted molar refractivity (Wildman–Crippen MR) is 35.9 cm³/mol. The SMILES string of the molecule is CC[C@H]1O[C@H](OC)C(=O)[C@@H]1F. The standard InChI is InChI=1S/C7H11FO3/c1-3-4-5(8)6(9)7(10-2)11-4/h4-5,7H,3H2,1-2H3/t4-,5-,7+/m1/s1. The Bertz CT molecular complexity index is 156. The van der Waals surface area contributed by atoms with Crippen molar-refractivity contribution in [2.75, 3.05) is 7.11 Å². The number of rotatable bonds is 2. The smallest absolute Gasteiger partial charge is 0.225 e.